The molecule has 64 valence electrons. The van der Waals surface area contributed by atoms with E-state index in [1.807, 2.05) is 36.4 Å². The molecule has 0 aromatic heterocycles. The van der Waals surface area contributed by atoms with Crippen LogP contribution >= 0.6 is 11.6 Å². The second-order valence-electron chi connectivity index (χ2n) is 1.86. The van der Waals surface area contributed by atoms with Gasteiger partial charge in [0.05, 0.1) is 6.33 Å². The minimum absolute atomic E-state index is 0.250. The van der Waals surface area contributed by atoms with E-state index in [1.165, 1.54) is 5.54 Å². The Hall–Kier alpha value is -1.08. The van der Waals surface area contributed by atoms with Gasteiger partial charge in [0.1, 0.15) is 0 Å². The molecule has 0 aliphatic heterocycles. The molecule has 0 nitrogen and oxygen atoms in total. The van der Waals surface area contributed by atoms with Gasteiger partial charge in [-0.25, -0.2) is 4.39 Å². The second-order valence-corrected chi connectivity index (χ2v) is 2.11. The maximum atomic E-state index is 10.1. The van der Waals surface area contributed by atoms with Gasteiger partial charge in [-0.15, -0.1) is 0 Å². The zero-order valence-corrected chi connectivity index (χ0v) is 7.34. The summed E-state index contributed by atoms with van der Waals surface area (Å²) in [5.74, 6) is 0. The van der Waals surface area contributed by atoms with Crippen molar-refractivity contribution in [2.24, 2.45) is 0 Å². The van der Waals surface area contributed by atoms with Crippen molar-refractivity contribution in [3.8, 4) is 0 Å². The standard InChI is InChI=1S/C8H7Cl.C2H3F/c9-7-6-8-4-2-1-3-5-8;1-2-3/h1-7H;2H,1H2. The molecule has 0 aliphatic rings. The molecule has 0 N–H and O–H groups in total. The molecule has 0 saturated heterocycles. The average Bonchev–Trinajstić information content (AvgIpc) is 2.08. The average molecular weight is 185 g/mol. The first-order valence-corrected chi connectivity index (χ1v) is 3.81. The highest BCUT2D eigenvalue weighted by molar-refractivity contribution is 6.27. The number of hydrogen-bond acceptors (Lipinski definition) is 0. The summed E-state index contributed by atoms with van der Waals surface area (Å²) in [7, 11) is 0. The second kappa shape index (κ2) is 8.02. The molecule has 0 heterocycles. The van der Waals surface area contributed by atoms with Gasteiger partial charge in [-0.1, -0.05) is 48.5 Å². The first-order valence-electron chi connectivity index (χ1n) is 3.38. The number of benzene rings is 1. The van der Waals surface area contributed by atoms with E-state index in [4.69, 9.17) is 11.6 Å². The van der Waals surface area contributed by atoms with Gasteiger partial charge in [0.25, 0.3) is 0 Å². The Morgan fingerprint density at radius 2 is 1.75 bits per heavy atom. The quantitative estimate of drug-likeness (QED) is 0.619. The third-order valence-electron chi connectivity index (χ3n) is 1.06. The van der Waals surface area contributed by atoms with Crippen LogP contribution in [0.5, 0.6) is 0 Å². The maximum Gasteiger partial charge on any atom is 0.0795 e. The molecule has 1 aromatic carbocycles. The van der Waals surface area contributed by atoms with Crippen molar-refractivity contribution in [2.75, 3.05) is 0 Å². The van der Waals surface area contributed by atoms with Crippen molar-refractivity contribution in [1.82, 2.24) is 0 Å². The van der Waals surface area contributed by atoms with Gasteiger partial charge < -0.3 is 0 Å². The summed E-state index contributed by atoms with van der Waals surface area (Å²) in [6, 6.07) is 9.93. The Kier molecular flexibility index (Phi) is 7.30. The van der Waals surface area contributed by atoms with Crippen LogP contribution < -0.4 is 0 Å². The lowest BCUT2D eigenvalue weighted by Gasteiger charge is -1.86. The van der Waals surface area contributed by atoms with Gasteiger partial charge in [-0.2, -0.15) is 0 Å². The molecule has 1 rings (SSSR count). The van der Waals surface area contributed by atoms with E-state index in [9.17, 15) is 4.39 Å². The van der Waals surface area contributed by atoms with E-state index in [0.29, 0.717) is 0 Å². The summed E-state index contributed by atoms with van der Waals surface area (Å²) in [5, 5.41) is 0. The Balaban J connectivity index is 0.000000354. The Labute approximate surface area is 77.0 Å². The topological polar surface area (TPSA) is 0 Å². The normalized spacial score (nSPS) is 8.83. The van der Waals surface area contributed by atoms with Crippen molar-refractivity contribution in [2.45, 2.75) is 0 Å². The van der Waals surface area contributed by atoms with E-state index < -0.39 is 0 Å². The molecular formula is C10H10ClF. The Bertz CT molecular complexity index is 229. The molecule has 1 aromatic rings. The summed E-state index contributed by atoms with van der Waals surface area (Å²) < 4.78 is 10.1. The van der Waals surface area contributed by atoms with E-state index in [2.05, 4.69) is 6.58 Å². The minimum Gasteiger partial charge on any atom is -0.216 e. The van der Waals surface area contributed by atoms with E-state index >= 15 is 0 Å². The third kappa shape index (κ3) is 5.69. The smallest absolute Gasteiger partial charge is 0.0795 e. The Morgan fingerprint density at radius 3 is 2.17 bits per heavy atom. The fraction of sp³-hybridized carbons (Fsp3) is 0. The highest BCUT2D eigenvalue weighted by Crippen LogP contribution is 2.00. The van der Waals surface area contributed by atoms with Crippen LogP contribution in [0.25, 0.3) is 6.08 Å². The largest absolute Gasteiger partial charge is 0.216 e. The van der Waals surface area contributed by atoms with Gasteiger partial charge in [-0.05, 0) is 11.6 Å². The van der Waals surface area contributed by atoms with Crippen LogP contribution in [0.4, 0.5) is 4.39 Å². The molecule has 0 aliphatic carbocycles. The summed E-state index contributed by atoms with van der Waals surface area (Å²) in [5.41, 5.74) is 2.64. The first kappa shape index (κ1) is 10.9. The van der Waals surface area contributed by atoms with Crippen LogP contribution in [0.15, 0.2) is 48.8 Å². The highest BCUT2D eigenvalue weighted by Gasteiger charge is 1.78. The van der Waals surface area contributed by atoms with Crippen molar-refractivity contribution in [1.29, 1.82) is 0 Å². The molecular weight excluding hydrogens is 175 g/mol. The van der Waals surface area contributed by atoms with Gasteiger partial charge >= 0.3 is 0 Å². The van der Waals surface area contributed by atoms with Crippen molar-refractivity contribution < 1.29 is 4.39 Å². The summed E-state index contributed by atoms with van der Waals surface area (Å²) in [6.07, 6.45) is 2.10. The van der Waals surface area contributed by atoms with Crippen LogP contribution in [0.3, 0.4) is 0 Å². The molecule has 0 fully saturated rings. The van der Waals surface area contributed by atoms with E-state index in [1.54, 1.807) is 0 Å². The zero-order valence-electron chi connectivity index (χ0n) is 6.58. The fourth-order valence-corrected chi connectivity index (χ4v) is 0.782. The molecule has 0 amide bonds. The molecule has 0 unspecified atom stereocenters. The lowest BCUT2D eigenvalue weighted by atomic mass is 10.2. The van der Waals surface area contributed by atoms with Crippen molar-refractivity contribution in [3.63, 3.8) is 0 Å². The summed E-state index contributed by atoms with van der Waals surface area (Å²) >= 11 is 5.36. The Morgan fingerprint density at radius 1 is 1.25 bits per heavy atom. The highest BCUT2D eigenvalue weighted by atomic mass is 35.5. The maximum absolute atomic E-state index is 10.1. The SMILES string of the molecule is C=CF.ClC=Cc1ccccc1. The van der Waals surface area contributed by atoms with Gasteiger partial charge in [0.2, 0.25) is 0 Å². The predicted molar refractivity (Wildman–Crippen MR) is 52.6 cm³/mol. The lowest BCUT2D eigenvalue weighted by Crippen LogP contribution is -1.64. The lowest BCUT2D eigenvalue weighted by molar-refractivity contribution is 0.725. The van der Waals surface area contributed by atoms with Crippen LogP contribution in [0.2, 0.25) is 0 Å². The zero-order chi connectivity index (χ0) is 9.23. The van der Waals surface area contributed by atoms with Crippen LogP contribution in [0, 0.1) is 0 Å². The molecule has 0 atom stereocenters. The third-order valence-corrected chi connectivity index (χ3v) is 1.18. The van der Waals surface area contributed by atoms with Crippen LogP contribution in [-0.4, -0.2) is 0 Å². The van der Waals surface area contributed by atoms with Crippen LogP contribution in [-0.2, 0) is 0 Å². The molecule has 0 bridgehead atoms. The van der Waals surface area contributed by atoms with Gasteiger partial charge in [-0.3, -0.25) is 0 Å². The summed E-state index contributed by atoms with van der Waals surface area (Å²) in [4.78, 5) is 0. The molecule has 0 spiro atoms. The van der Waals surface area contributed by atoms with E-state index in [-0.39, 0.29) is 6.33 Å². The van der Waals surface area contributed by atoms with Gasteiger partial charge in [0.15, 0.2) is 0 Å². The molecule has 0 radical (unpaired) electrons. The monoisotopic (exact) mass is 184 g/mol. The van der Waals surface area contributed by atoms with Crippen molar-refractivity contribution >= 4 is 17.7 Å². The minimum atomic E-state index is 0.250. The summed E-state index contributed by atoms with van der Waals surface area (Å²) in [6.45, 7) is 2.69. The molecule has 12 heavy (non-hydrogen) atoms. The first-order chi connectivity index (χ1) is 5.85. The van der Waals surface area contributed by atoms with Gasteiger partial charge in [0, 0.05) is 5.54 Å². The van der Waals surface area contributed by atoms with E-state index in [0.717, 1.165) is 5.56 Å². The predicted octanol–water partition coefficient (Wildman–Crippen LogP) is 4.00. The number of hydrogen-bond donors (Lipinski definition) is 0. The molecule has 0 saturated carbocycles. The van der Waals surface area contributed by atoms with Crippen molar-refractivity contribution in [3.05, 3.63) is 54.3 Å². The number of halogens is 2. The van der Waals surface area contributed by atoms with Crippen LogP contribution in [0.1, 0.15) is 5.56 Å². The fourth-order valence-electron chi connectivity index (χ4n) is 0.637. The molecule has 2 heteroatoms. The number of rotatable bonds is 1.